The second kappa shape index (κ2) is 6.84. The third kappa shape index (κ3) is 3.06. The van der Waals surface area contributed by atoms with Gasteiger partial charge >= 0.3 is 0 Å². The maximum atomic E-state index is 5.72. The van der Waals surface area contributed by atoms with E-state index in [1.165, 1.54) is 5.56 Å². The van der Waals surface area contributed by atoms with E-state index in [4.69, 9.17) is 9.47 Å². The van der Waals surface area contributed by atoms with Crippen molar-refractivity contribution in [3.05, 3.63) is 95.6 Å². The standard InChI is InChI=1S/C24H23NO2/c1-24(18-12-8-5-9-13-18)16-20(17-10-6-4-7-11-17)23-21(25-24)14-19(26-2)15-22(23)27-3/h4-16,25H,1-3H3. The molecule has 0 aliphatic carbocycles. The van der Waals surface area contributed by atoms with E-state index in [-0.39, 0.29) is 5.54 Å². The topological polar surface area (TPSA) is 30.5 Å². The highest BCUT2D eigenvalue weighted by molar-refractivity contribution is 5.93. The molecule has 27 heavy (non-hydrogen) atoms. The summed E-state index contributed by atoms with van der Waals surface area (Å²) in [5.74, 6) is 1.56. The Hall–Kier alpha value is -3.20. The van der Waals surface area contributed by atoms with Gasteiger partial charge in [0, 0.05) is 17.7 Å². The summed E-state index contributed by atoms with van der Waals surface area (Å²) in [5.41, 5.74) is 5.21. The van der Waals surface area contributed by atoms with E-state index in [0.717, 1.165) is 33.9 Å². The first kappa shape index (κ1) is 17.2. The van der Waals surface area contributed by atoms with E-state index in [0.29, 0.717) is 0 Å². The number of rotatable bonds is 4. The van der Waals surface area contributed by atoms with E-state index in [1.54, 1.807) is 14.2 Å². The van der Waals surface area contributed by atoms with Crippen molar-refractivity contribution < 1.29 is 9.47 Å². The second-order valence-electron chi connectivity index (χ2n) is 6.87. The highest BCUT2D eigenvalue weighted by Crippen LogP contribution is 2.47. The van der Waals surface area contributed by atoms with Crippen molar-refractivity contribution >= 4 is 11.3 Å². The van der Waals surface area contributed by atoms with Gasteiger partial charge in [-0.3, -0.25) is 0 Å². The van der Waals surface area contributed by atoms with Crippen LogP contribution in [0, 0.1) is 0 Å². The number of nitrogens with one attached hydrogen (secondary N) is 1. The Morgan fingerprint density at radius 1 is 0.815 bits per heavy atom. The van der Waals surface area contributed by atoms with Crippen LogP contribution in [0.1, 0.15) is 23.6 Å². The van der Waals surface area contributed by atoms with Gasteiger partial charge in [-0.1, -0.05) is 60.7 Å². The van der Waals surface area contributed by atoms with Crippen molar-refractivity contribution in [1.29, 1.82) is 0 Å². The first-order chi connectivity index (χ1) is 13.1. The minimum atomic E-state index is -0.350. The van der Waals surface area contributed by atoms with E-state index in [9.17, 15) is 0 Å². The van der Waals surface area contributed by atoms with Crippen molar-refractivity contribution in [3.8, 4) is 11.5 Å². The highest BCUT2D eigenvalue weighted by Gasteiger charge is 2.33. The molecular weight excluding hydrogens is 334 g/mol. The normalized spacial score (nSPS) is 18.1. The van der Waals surface area contributed by atoms with E-state index in [2.05, 4.69) is 66.8 Å². The van der Waals surface area contributed by atoms with E-state index in [1.807, 2.05) is 24.3 Å². The third-order valence-corrected chi connectivity index (χ3v) is 5.09. The molecule has 0 amide bonds. The molecule has 0 aromatic heterocycles. The lowest BCUT2D eigenvalue weighted by Gasteiger charge is -2.36. The van der Waals surface area contributed by atoms with Crippen LogP contribution in [0.15, 0.2) is 78.9 Å². The van der Waals surface area contributed by atoms with E-state index >= 15 is 0 Å². The zero-order valence-electron chi connectivity index (χ0n) is 15.8. The predicted molar refractivity (Wildman–Crippen MR) is 110 cm³/mol. The summed E-state index contributed by atoms with van der Waals surface area (Å²) < 4.78 is 11.2. The number of ether oxygens (including phenoxy) is 2. The zero-order chi connectivity index (χ0) is 18.9. The molecule has 0 bridgehead atoms. The molecule has 1 N–H and O–H groups in total. The molecule has 1 aliphatic rings. The fourth-order valence-corrected chi connectivity index (χ4v) is 3.71. The zero-order valence-corrected chi connectivity index (χ0v) is 15.8. The van der Waals surface area contributed by atoms with E-state index < -0.39 is 0 Å². The summed E-state index contributed by atoms with van der Waals surface area (Å²) in [5, 5.41) is 3.70. The lowest BCUT2D eigenvalue weighted by Crippen LogP contribution is -2.33. The summed E-state index contributed by atoms with van der Waals surface area (Å²) in [6, 6.07) is 24.9. The SMILES string of the molecule is COc1cc2c(c(OC)c1)C(c1ccccc1)=CC(C)(c1ccccc1)N2. The van der Waals surface area contributed by atoms with Crippen LogP contribution in [-0.4, -0.2) is 14.2 Å². The smallest absolute Gasteiger partial charge is 0.132 e. The molecule has 0 saturated heterocycles. The molecule has 1 unspecified atom stereocenters. The number of fused-ring (bicyclic) bond motifs is 1. The monoisotopic (exact) mass is 357 g/mol. The van der Waals surface area contributed by atoms with Crippen molar-refractivity contribution in [2.45, 2.75) is 12.5 Å². The van der Waals surface area contributed by atoms with Gasteiger partial charge < -0.3 is 14.8 Å². The summed E-state index contributed by atoms with van der Waals surface area (Å²) in [6.07, 6.45) is 2.29. The van der Waals surface area contributed by atoms with Crippen LogP contribution in [-0.2, 0) is 5.54 Å². The minimum Gasteiger partial charge on any atom is -0.497 e. The Kier molecular flexibility index (Phi) is 4.36. The second-order valence-corrected chi connectivity index (χ2v) is 6.87. The van der Waals surface area contributed by atoms with Crippen molar-refractivity contribution in [3.63, 3.8) is 0 Å². The fraction of sp³-hybridized carbons (Fsp3) is 0.167. The number of hydrogen-bond acceptors (Lipinski definition) is 3. The van der Waals surface area contributed by atoms with Crippen molar-refractivity contribution in [2.75, 3.05) is 19.5 Å². The molecule has 3 aromatic carbocycles. The molecule has 3 heteroatoms. The van der Waals surface area contributed by atoms with Crippen LogP contribution in [0.25, 0.3) is 5.57 Å². The third-order valence-electron chi connectivity index (χ3n) is 5.09. The van der Waals surface area contributed by atoms with Gasteiger partial charge in [-0.05, 0) is 29.7 Å². The number of methoxy groups -OCH3 is 2. The fourth-order valence-electron chi connectivity index (χ4n) is 3.71. The first-order valence-electron chi connectivity index (χ1n) is 9.03. The minimum absolute atomic E-state index is 0.350. The maximum Gasteiger partial charge on any atom is 0.132 e. The highest BCUT2D eigenvalue weighted by atomic mass is 16.5. The molecule has 1 atom stereocenters. The van der Waals surface area contributed by atoms with Crippen LogP contribution >= 0.6 is 0 Å². The molecule has 1 heterocycles. The molecule has 0 radical (unpaired) electrons. The average Bonchev–Trinajstić information content (AvgIpc) is 2.73. The molecule has 0 saturated carbocycles. The Morgan fingerprint density at radius 2 is 1.48 bits per heavy atom. The first-order valence-corrected chi connectivity index (χ1v) is 9.03. The number of hydrogen-bond donors (Lipinski definition) is 1. The van der Waals surface area contributed by atoms with Crippen molar-refractivity contribution in [1.82, 2.24) is 0 Å². The Labute approximate surface area is 160 Å². The molecule has 3 aromatic rings. The van der Waals surface area contributed by atoms with Gasteiger partial charge in [-0.25, -0.2) is 0 Å². The van der Waals surface area contributed by atoms with Gasteiger partial charge in [-0.2, -0.15) is 0 Å². The quantitative estimate of drug-likeness (QED) is 0.671. The Balaban J connectivity index is 1.98. The van der Waals surface area contributed by atoms with Crippen LogP contribution in [0.2, 0.25) is 0 Å². The van der Waals surface area contributed by atoms with Crippen LogP contribution < -0.4 is 14.8 Å². The van der Waals surface area contributed by atoms with Crippen LogP contribution in [0.4, 0.5) is 5.69 Å². The lowest BCUT2D eigenvalue weighted by molar-refractivity contribution is 0.393. The Morgan fingerprint density at radius 3 is 2.11 bits per heavy atom. The van der Waals surface area contributed by atoms with Crippen molar-refractivity contribution in [2.24, 2.45) is 0 Å². The summed E-state index contributed by atoms with van der Waals surface area (Å²) in [6.45, 7) is 2.19. The van der Waals surface area contributed by atoms with Crippen LogP contribution in [0.3, 0.4) is 0 Å². The number of benzene rings is 3. The molecule has 4 rings (SSSR count). The largest absolute Gasteiger partial charge is 0.497 e. The molecule has 136 valence electrons. The maximum absolute atomic E-state index is 5.72. The number of anilines is 1. The van der Waals surface area contributed by atoms with Gasteiger partial charge in [0.15, 0.2) is 0 Å². The summed E-state index contributed by atoms with van der Waals surface area (Å²) in [4.78, 5) is 0. The average molecular weight is 357 g/mol. The van der Waals surface area contributed by atoms with Crippen LogP contribution in [0.5, 0.6) is 11.5 Å². The van der Waals surface area contributed by atoms with Gasteiger partial charge in [0.1, 0.15) is 11.5 Å². The molecule has 0 spiro atoms. The van der Waals surface area contributed by atoms with Gasteiger partial charge in [0.25, 0.3) is 0 Å². The van der Waals surface area contributed by atoms with Gasteiger partial charge in [0.05, 0.1) is 25.4 Å². The molecule has 3 nitrogen and oxygen atoms in total. The van der Waals surface area contributed by atoms with Gasteiger partial charge in [-0.15, -0.1) is 0 Å². The Bertz CT molecular complexity index is 980. The van der Waals surface area contributed by atoms with Gasteiger partial charge in [0.2, 0.25) is 0 Å². The molecule has 1 aliphatic heterocycles. The lowest BCUT2D eigenvalue weighted by atomic mass is 9.81. The summed E-state index contributed by atoms with van der Waals surface area (Å²) >= 11 is 0. The summed E-state index contributed by atoms with van der Waals surface area (Å²) in [7, 11) is 3.37. The molecular formula is C24H23NO2. The molecule has 0 fully saturated rings. The predicted octanol–water partition coefficient (Wildman–Crippen LogP) is 5.48.